The molecule has 10 heterocycles. The molecule has 90 heavy (non-hydrogen) atoms. The lowest BCUT2D eigenvalue weighted by molar-refractivity contribution is 0.415. The average molecular weight is 1170 g/mol. The first-order chi connectivity index (χ1) is 44.4. The summed E-state index contributed by atoms with van der Waals surface area (Å²) in [6.45, 7) is 0. The van der Waals surface area contributed by atoms with E-state index in [1.165, 1.54) is 0 Å². The molecule has 4 aliphatic heterocycles. The minimum atomic E-state index is 0.711. The van der Waals surface area contributed by atoms with Gasteiger partial charge in [0.2, 0.25) is 0 Å². The van der Waals surface area contributed by atoms with Crippen molar-refractivity contribution in [3.63, 3.8) is 0 Å². The van der Waals surface area contributed by atoms with Crippen molar-refractivity contribution in [3.05, 3.63) is 258 Å². The molecule has 0 radical (unpaired) electrons. The summed E-state index contributed by atoms with van der Waals surface area (Å²) in [5, 5.41) is 0. The predicted octanol–water partition coefficient (Wildman–Crippen LogP) is 19.3. The van der Waals surface area contributed by atoms with Crippen LogP contribution in [0.2, 0.25) is 0 Å². The topological polar surface area (TPSA) is 142 Å². The number of aromatic amines is 4. The minimum Gasteiger partial charge on any atom is -0.497 e. The Morgan fingerprint density at radius 1 is 0.211 bits per heavy atom. The molecule has 0 amide bonds. The van der Waals surface area contributed by atoms with Gasteiger partial charge in [0.05, 0.1) is 66.9 Å². The lowest BCUT2D eigenvalue weighted by atomic mass is 10.0. The highest BCUT2D eigenvalue weighted by atomic mass is 16.5. The molecule has 11 heteroatoms. The van der Waals surface area contributed by atoms with Gasteiger partial charge in [0.1, 0.15) is 17.2 Å². The number of rotatable bonds is 10. The molecule has 16 rings (SSSR count). The van der Waals surface area contributed by atoms with E-state index in [9.17, 15) is 0 Å². The molecule has 16 bridgehead atoms. The summed E-state index contributed by atoms with van der Waals surface area (Å²) >= 11 is 0. The third-order valence-corrected chi connectivity index (χ3v) is 17.0. The van der Waals surface area contributed by atoms with Gasteiger partial charge in [-0.05, 0) is 167 Å². The van der Waals surface area contributed by atoms with Gasteiger partial charge in [-0.15, -0.1) is 0 Å². The van der Waals surface area contributed by atoms with Crippen LogP contribution in [0.25, 0.3) is 171 Å². The fourth-order valence-corrected chi connectivity index (χ4v) is 12.9. The number of hydrogen-bond donors (Lipinski definition) is 4. The van der Waals surface area contributed by atoms with Crippen LogP contribution in [-0.4, -0.2) is 61.2 Å². The molecule has 0 saturated carbocycles. The van der Waals surface area contributed by atoms with Crippen LogP contribution in [0.5, 0.6) is 17.2 Å². The lowest BCUT2D eigenvalue weighted by Gasteiger charge is -2.09. The van der Waals surface area contributed by atoms with Crippen LogP contribution >= 0.6 is 0 Å². The molecule has 430 valence electrons. The smallest absolute Gasteiger partial charge is 0.119 e. The molecule has 12 aromatic rings. The van der Waals surface area contributed by atoms with Crippen LogP contribution in [0.4, 0.5) is 0 Å². The molecule has 0 fully saturated rings. The number of nitrogens with zero attached hydrogens (tertiary/aromatic N) is 4. The first kappa shape index (κ1) is 53.4. The zero-order chi connectivity index (χ0) is 60.2. The van der Waals surface area contributed by atoms with E-state index in [1.807, 2.05) is 54.6 Å². The standard InChI is InChI=1S/C79H56N8O3/c1-88-53-25-13-22-50(44-53)75-62-32-34-64(82-62)76(51-23-14-26-54(45-51)89-2)66-38-42-70(86-66)79(71-43-39-67(87-71)77(65-35-33-63(75)83-65)52-24-15-27-55(46-52)90-3)78-68-40-36-60(84-68)73(48-18-9-5-10-19-48)58-30-28-56(80-58)72(47-16-7-4-8-17-47)57-29-31-59(81-57)74(49-20-11-6-12-21-49)61-37-41-69(78)85-61/h4-46,80,82,85,87H,1-3H3. The van der Waals surface area contributed by atoms with Gasteiger partial charge in [-0.1, -0.05) is 127 Å². The summed E-state index contributed by atoms with van der Waals surface area (Å²) in [6, 6.07) is 73.1. The van der Waals surface area contributed by atoms with Crippen LogP contribution in [0.1, 0.15) is 45.6 Å². The number of benzene rings is 6. The molecule has 0 saturated heterocycles. The van der Waals surface area contributed by atoms with Gasteiger partial charge in [-0.2, -0.15) is 0 Å². The van der Waals surface area contributed by atoms with Crippen LogP contribution in [0.3, 0.4) is 0 Å². The van der Waals surface area contributed by atoms with Crippen molar-refractivity contribution < 1.29 is 14.2 Å². The number of ether oxygens (including phenoxy) is 3. The Morgan fingerprint density at radius 2 is 0.411 bits per heavy atom. The Labute approximate surface area is 518 Å². The van der Waals surface area contributed by atoms with Crippen LogP contribution in [0, 0.1) is 0 Å². The normalized spacial score (nSPS) is 12.2. The molecule has 0 spiro atoms. The first-order valence-electron chi connectivity index (χ1n) is 29.9. The van der Waals surface area contributed by atoms with Crippen molar-refractivity contribution in [2.24, 2.45) is 0 Å². The summed E-state index contributed by atoms with van der Waals surface area (Å²) in [5.74, 6) is 2.17. The third-order valence-electron chi connectivity index (χ3n) is 17.0. The van der Waals surface area contributed by atoms with Gasteiger partial charge in [0.15, 0.2) is 0 Å². The Hall–Kier alpha value is -12.1. The summed E-state index contributed by atoms with van der Waals surface area (Å²) in [6.07, 6.45) is 17.0. The molecule has 11 nitrogen and oxygen atoms in total. The second kappa shape index (κ2) is 22.3. The van der Waals surface area contributed by atoms with Gasteiger partial charge >= 0.3 is 0 Å². The van der Waals surface area contributed by atoms with E-state index >= 15 is 0 Å². The Kier molecular flexibility index (Phi) is 13.2. The van der Waals surface area contributed by atoms with E-state index in [0.29, 0.717) is 5.69 Å². The van der Waals surface area contributed by atoms with Crippen molar-refractivity contribution in [1.29, 1.82) is 0 Å². The summed E-state index contributed by atoms with van der Waals surface area (Å²) < 4.78 is 17.6. The van der Waals surface area contributed by atoms with E-state index in [4.69, 9.17) is 34.1 Å². The van der Waals surface area contributed by atoms with Gasteiger partial charge < -0.3 is 34.1 Å². The lowest BCUT2D eigenvalue weighted by Crippen LogP contribution is -1.93. The van der Waals surface area contributed by atoms with E-state index in [1.54, 1.807) is 21.3 Å². The van der Waals surface area contributed by atoms with Crippen LogP contribution < -0.4 is 14.2 Å². The molecular weight excluding hydrogens is 1110 g/mol. The molecule has 0 aliphatic carbocycles. The van der Waals surface area contributed by atoms with Gasteiger partial charge in [-0.25, -0.2) is 19.9 Å². The van der Waals surface area contributed by atoms with Gasteiger partial charge in [0.25, 0.3) is 0 Å². The first-order valence-corrected chi connectivity index (χ1v) is 29.9. The third kappa shape index (κ3) is 9.49. The van der Waals surface area contributed by atoms with Crippen LogP contribution in [0.15, 0.2) is 212 Å². The Balaban J connectivity index is 1.09. The summed E-state index contributed by atoms with van der Waals surface area (Å²) in [5.41, 5.74) is 26.0. The van der Waals surface area contributed by atoms with Crippen molar-refractivity contribution in [2.45, 2.75) is 0 Å². The fraction of sp³-hybridized carbons (Fsp3) is 0.0380. The molecular formula is C79H56N8O3. The van der Waals surface area contributed by atoms with Crippen molar-refractivity contribution in [2.75, 3.05) is 21.3 Å². The number of H-pyrrole nitrogens is 4. The average Bonchev–Trinajstić information content (AvgIpc) is 2.42. The predicted molar refractivity (Wildman–Crippen MR) is 369 cm³/mol. The van der Waals surface area contributed by atoms with Gasteiger partial charge in [-0.3, -0.25) is 0 Å². The molecule has 6 aromatic heterocycles. The Bertz CT molecular complexity index is 5290. The zero-order valence-corrected chi connectivity index (χ0v) is 49.3. The minimum absolute atomic E-state index is 0.711. The van der Waals surface area contributed by atoms with E-state index in [2.05, 4.69) is 226 Å². The number of fused-ring (bicyclic) bond motifs is 16. The van der Waals surface area contributed by atoms with Crippen molar-refractivity contribution in [1.82, 2.24) is 39.9 Å². The summed E-state index contributed by atoms with van der Waals surface area (Å²) in [4.78, 5) is 38.5. The van der Waals surface area contributed by atoms with E-state index < -0.39 is 0 Å². The highest BCUT2D eigenvalue weighted by Gasteiger charge is 2.25. The molecule has 0 unspecified atom stereocenters. The largest absolute Gasteiger partial charge is 0.497 e. The van der Waals surface area contributed by atoms with E-state index in [0.717, 1.165) is 179 Å². The highest BCUT2D eigenvalue weighted by molar-refractivity contribution is 6.06. The van der Waals surface area contributed by atoms with Crippen molar-refractivity contribution in [3.8, 4) is 95.1 Å². The maximum Gasteiger partial charge on any atom is 0.119 e. The van der Waals surface area contributed by atoms with Crippen molar-refractivity contribution >= 4 is 92.7 Å². The molecule has 4 aliphatic rings. The second-order valence-corrected chi connectivity index (χ2v) is 22.3. The van der Waals surface area contributed by atoms with E-state index in [-0.39, 0.29) is 0 Å². The zero-order valence-electron chi connectivity index (χ0n) is 49.3. The second-order valence-electron chi connectivity index (χ2n) is 22.3. The Morgan fingerprint density at radius 3 is 0.644 bits per heavy atom. The monoisotopic (exact) mass is 1160 g/mol. The summed E-state index contributed by atoms with van der Waals surface area (Å²) in [7, 11) is 5.08. The molecule has 0 atom stereocenters. The highest BCUT2D eigenvalue weighted by Crippen LogP contribution is 2.44. The SMILES string of the molecule is COc1cccc(-c2c3nc(c(-c4cccc(OC)c4)c4ccc([nH]4)c(-c4c5nc(c(-c6ccccc6)c6ccc([nH]6)c(-c6ccccc6)c6nc(c(-c7ccccc7)c7ccc4[nH]7)C=C6)C=C5)c4nc(c(-c5cccc(OC)c5)c5ccc2[nH]5)C=C4)C=C3)c1. The maximum absolute atomic E-state index is 5.90. The molecule has 6 aromatic carbocycles. The van der Waals surface area contributed by atoms with Gasteiger partial charge in [0, 0.05) is 88.6 Å². The number of nitrogens with one attached hydrogen (secondary N) is 4. The number of methoxy groups -OCH3 is 3. The quantitative estimate of drug-likeness (QED) is 0.107. The molecule has 4 N–H and O–H groups in total. The maximum atomic E-state index is 5.90. The number of aromatic nitrogens is 8. The van der Waals surface area contributed by atoms with Crippen LogP contribution in [-0.2, 0) is 0 Å². The fourth-order valence-electron chi connectivity index (χ4n) is 12.9. The number of hydrogen-bond acceptors (Lipinski definition) is 7.